The maximum Gasteiger partial charge on any atom is 0.241 e. The smallest absolute Gasteiger partial charge is 0.241 e. The first-order chi connectivity index (χ1) is 12.8. The van der Waals surface area contributed by atoms with E-state index in [-0.39, 0.29) is 11.9 Å². The van der Waals surface area contributed by atoms with Gasteiger partial charge >= 0.3 is 0 Å². The summed E-state index contributed by atoms with van der Waals surface area (Å²) in [5.74, 6) is 1.36. The molecule has 6 heteroatoms. The Hall–Kier alpha value is -2.24. The van der Waals surface area contributed by atoms with Crippen molar-refractivity contribution in [3.63, 3.8) is 0 Å². The van der Waals surface area contributed by atoms with Gasteiger partial charge in [-0.25, -0.2) is 0 Å². The van der Waals surface area contributed by atoms with Crippen molar-refractivity contribution in [1.29, 1.82) is 0 Å². The molecule has 1 atom stereocenters. The third-order valence-electron chi connectivity index (χ3n) is 4.70. The zero-order valence-electron chi connectivity index (χ0n) is 16.5. The van der Waals surface area contributed by atoms with Crippen LogP contribution in [0.4, 0.5) is 5.69 Å². The number of nitrogens with one attached hydrogen (secondary N) is 1. The van der Waals surface area contributed by atoms with Gasteiger partial charge in [-0.2, -0.15) is 0 Å². The number of anilines is 1. The molecule has 0 unspecified atom stereocenters. The SMILES string of the molecule is COc1ccc(CCN(C)[C@H](C)C(=O)Nc2cc(Cl)ccc2C)cc1OC. The lowest BCUT2D eigenvalue weighted by Crippen LogP contribution is -2.40. The molecule has 2 aromatic carbocycles. The molecule has 0 radical (unpaired) electrons. The molecular weight excluding hydrogens is 364 g/mol. The number of aryl methyl sites for hydroxylation is 1. The Balaban J connectivity index is 1.95. The van der Waals surface area contributed by atoms with Crippen LogP contribution in [0.3, 0.4) is 0 Å². The van der Waals surface area contributed by atoms with Crippen LogP contribution in [0.15, 0.2) is 36.4 Å². The summed E-state index contributed by atoms with van der Waals surface area (Å²) in [6, 6.07) is 11.1. The van der Waals surface area contributed by atoms with Crippen LogP contribution in [0.5, 0.6) is 11.5 Å². The molecule has 0 aliphatic heterocycles. The molecule has 5 nitrogen and oxygen atoms in total. The third-order valence-corrected chi connectivity index (χ3v) is 4.93. The van der Waals surface area contributed by atoms with Crippen molar-refractivity contribution in [3.05, 3.63) is 52.5 Å². The maximum atomic E-state index is 12.6. The molecule has 146 valence electrons. The van der Waals surface area contributed by atoms with Crippen LogP contribution in [0.1, 0.15) is 18.1 Å². The van der Waals surface area contributed by atoms with E-state index in [0.717, 1.165) is 29.8 Å². The number of hydrogen-bond donors (Lipinski definition) is 1. The first-order valence-corrected chi connectivity index (χ1v) is 9.21. The summed E-state index contributed by atoms with van der Waals surface area (Å²) in [6.07, 6.45) is 0.796. The number of likely N-dealkylation sites (N-methyl/N-ethyl adjacent to an activating group) is 1. The standard InChI is InChI=1S/C21H27ClN2O3/c1-14-6-8-17(22)13-18(14)23-21(25)15(2)24(3)11-10-16-7-9-19(26-4)20(12-16)27-5/h6-9,12-13,15H,10-11H2,1-5H3,(H,23,25)/t15-/m1/s1. The Labute approximate surface area is 166 Å². The summed E-state index contributed by atoms with van der Waals surface area (Å²) in [7, 11) is 5.18. The Morgan fingerprint density at radius 1 is 1.15 bits per heavy atom. The van der Waals surface area contributed by atoms with Crippen LogP contribution >= 0.6 is 11.6 Å². The number of amides is 1. The van der Waals surface area contributed by atoms with Gasteiger partial charge in [-0.05, 0) is 62.7 Å². The van der Waals surface area contributed by atoms with Crippen LogP contribution in [-0.4, -0.2) is 44.7 Å². The number of hydrogen-bond acceptors (Lipinski definition) is 4. The highest BCUT2D eigenvalue weighted by atomic mass is 35.5. The summed E-state index contributed by atoms with van der Waals surface area (Å²) in [4.78, 5) is 14.6. The quantitative estimate of drug-likeness (QED) is 0.735. The lowest BCUT2D eigenvalue weighted by molar-refractivity contribution is -0.120. The Kier molecular flexibility index (Phi) is 7.51. The van der Waals surface area contributed by atoms with Crippen LogP contribution in [-0.2, 0) is 11.2 Å². The average molecular weight is 391 g/mol. The van der Waals surface area contributed by atoms with Gasteiger partial charge in [-0.15, -0.1) is 0 Å². The molecule has 0 fully saturated rings. The van der Waals surface area contributed by atoms with Crippen molar-refractivity contribution in [1.82, 2.24) is 4.90 Å². The first-order valence-electron chi connectivity index (χ1n) is 8.84. The summed E-state index contributed by atoms with van der Waals surface area (Å²) in [5.41, 5.74) is 2.85. The predicted molar refractivity (Wildman–Crippen MR) is 110 cm³/mol. The molecule has 0 bridgehead atoms. The first kappa shape index (κ1) is 21.1. The van der Waals surface area contributed by atoms with E-state index in [1.807, 2.05) is 56.1 Å². The number of nitrogens with zero attached hydrogens (tertiary/aromatic N) is 1. The van der Waals surface area contributed by atoms with Gasteiger partial charge in [-0.1, -0.05) is 23.7 Å². The number of rotatable bonds is 8. The number of ether oxygens (including phenoxy) is 2. The van der Waals surface area contributed by atoms with Gasteiger partial charge in [0.25, 0.3) is 0 Å². The minimum absolute atomic E-state index is 0.0600. The van der Waals surface area contributed by atoms with Crippen molar-refractivity contribution in [2.24, 2.45) is 0 Å². The molecule has 0 saturated heterocycles. The lowest BCUT2D eigenvalue weighted by atomic mass is 10.1. The fraction of sp³-hybridized carbons (Fsp3) is 0.381. The van der Waals surface area contributed by atoms with Crippen molar-refractivity contribution in [2.45, 2.75) is 26.3 Å². The maximum absolute atomic E-state index is 12.6. The number of methoxy groups -OCH3 is 2. The van der Waals surface area contributed by atoms with E-state index in [1.165, 1.54) is 0 Å². The van der Waals surface area contributed by atoms with Crippen molar-refractivity contribution in [3.8, 4) is 11.5 Å². The zero-order valence-corrected chi connectivity index (χ0v) is 17.3. The van der Waals surface area contributed by atoms with Crippen LogP contribution in [0, 0.1) is 6.92 Å². The van der Waals surface area contributed by atoms with E-state index in [2.05, 4.69) is 5.32 Å². The molecule has 0 aliphatic carbocycles. The summed E-state index contributed by atoms with van der Waals surface area (Å²) in [5, 5.41) is 3.56. The molecule has 2 rings (SSSR count). The van der Waals surface area contributed by atoms with Crippen LogP contribution < -0.4 is 14.8 Å². The number of halogens is 1. The second-order valence-electron chi connectivity index (χ2n) is 6.54. The van der Waals surface area contributed by atoms with Gasteiger partial charge < -0.3 is 14.8 Å². The zero-order chi connectivity index (χ0) is 20.0. The monoisotopic (exact) mass is 390 g/mol. The molecule has 1 amide bonds. The topological polar surface area (TPSA) is 50.8 Å². The minimum Gasteiger partial charge on any atom is -0.493 e. The molecule has 1 N–H and O–H groups in total. The largest absolute Gasteiger partial charge is 0.493 e. The van der Waals surface area contributed by atoms with Gasteiger partial charge in [0.05, 0.1) is 20.3 Å². The molecule has 0 heterocycles. The van der Waals surface area contributed by atoms with Crippen molar-refractivity contribution < 1.29 is 14.3 Å². The van der Waals surface area contributed by atoms with E-state index in [0.29, 0.717) is 16.5 Å². The summed E-state index contributed by atoms with van der Waals surface area (Å²) in [6.45, 7) is 4.57. The van der Waals surface area contributed by atoms with Crippen LogP contribution in [0.25, 0.3) is 0 Å². The van der Waals surface area contributed by atoms with E-state index in [4.69, 9.17) is 21.1 Å². The van der Waals surface area contributed by atoms with Crippen molar-refractivity contribution >= 4 is 23.2 Å². The highest BCUT2D eigenvalue weighted by molar-refractivity contribution is 6.31. The van der Waals surface area contributed by atoms with Gasteiger partial charge in [0.1, 0.15) is 0 Å². The van der Waals surface area contributed by atoms with E-state index in [1.54, 1.807) is 20.3 Å². The summed E-state index contributed by atoms with van der Waals surface area (Å²) < 4.78 is 10.6. The molecular formula is C21H27ClN2O3. The van der Waals surface area contributed by atoms with Crippen molar-refractivity contribution in [2.75, 3.05) is 33.1 Å². The Morgan fingerprint density at radius 2 is 1.85 bits per heavy atom. The number of carbonyl (C=O) groups is 1. The second-order valence-corrected chi connectivity index (χ2v) is 6.98. The van der Waals surface area contributed by atoms with Crippen LogP contribution in [0.2, 0.25) is 5.02 Å². The second kappa shape index (κ2) is 9.62. The summed E-state index contributed by atoms with van der Waals surface area (Å²) >= 11 is 6.03. The van der Waals surface area contributed by atoms with Gasteiger partial charge in [-0.3, -0.25) is 9.69 Å². The molecule has 0 aromatic heterocycles. The highest BCUT2D eigenvalue weighted by Crippen LogP contribution is 2.27. The highest BCUT2D eigenvalue weighted by Gasteiger charge is 2.19. The van der Waals surface area contributed by atoms with Gasteiger partial charge in [0, 0.05) is 17.3 Å². The van der Waals surface area contributed by atoms with Gasteiger partial charge in [0.2, 0.25) is 5.91 Å². The fourth-order valence-electron chi connectivity index (χ4n) is 2.70. The van der Waals surface area contributed by atoms with E-state index < -0.39 is 0 Å². The molecule has 0 spiro atoms. The predicted octanol–water partition coefficient (Wildman–Crippen LogP) is 4.17. The van der Waals surface area contributed by atoms with E-state index >= 15 is 0 Å². The average Bonchev–Trinajstić information content (AvgIpc) is 2.67. The van der Waals surface area contributed by atoms with E-state index in [9.17, 15) is 4.79 Å². The fourth-order valence-corrected chi connectivity index (χ4v) is 2.87. The normalized spacial score (nSPS) is 12.0. The lowest BCUT2D eigenvalue weighted by Gasteiger charge is -2.24. The Bertz CT molecular complexity index is 795. The third kappa shape index (κ3) is 5.62. The molecule has 0 aliphatic rings. The minimum atomic E-state index is -0.275. The number of benzene rings is 2. The molecule has 27 heavy (non-hydrogen) atoms. The molecule has 2 aromatic rings. The van der Waals surface area contributed by atoms with Gasteiger partial charge in [0.15, 0.2) is 11.5 Å². The number of carbonyl (C=O) groups excluding carboxylic acids is 1. The Morgan fingerprint density at radius 3 is 2.52 bits per heavy atom. The molecule has 0 saturated carbocycles.